The molecule has 0 aliphatic carbocycles. The molecule has 0 aliphatic rings. The van der Waals surface area contributed by atoms with E-state index < -0.39 is 60.2 Å². The topological polar surface area (TPSA) is 160 Å². The summed E-state index contributed by atoms with van der Waals surface area (Å²) < 4.78 is 10.3. The summed E-state index contributed by atoms with van der Waals surface area (Å²) in [6.07, 6.45) is 0.176. The zero-order valence-electron chi connectivity index (χ0n) is 17.3. The molecule has 0 radical (unpaired) electrons. The lowest BCUT2D eigenvalue weighted by atomic mass is 10.2. The summed E-state index contributed by atoms with van der Waals surface area (Å²) in [6, 6.07) is -1.63. The summed E-state index contributed by atoms with van der Waals surface area (Å²) in [5.74, 6) is -4.70. The van der Waals surface area contributed by atoms with Gasteiger partial charge in [0.25, 0.3) is 0 Å². The number of hydrogen-bond acceptors (Lipinski definition) is 7. The minimum atomic E-state index is -1.63. The Balaban J connectivity index is 5.46. The zero-order chi connectivity index (χ0) is 23.0. The number of nitrogens with one attached hydrogen (secondary N) is 1. The van der Waals surface area contributed by atoms with E-state index in [-0.39, 0.29) is 0 Å². The minimum absolute atomic E-state index is 0.528. The average Bonchev–Trinajstić information content (AvgIpc) is 2.47. The smallest absolute Gasteiger partial charge is 0.410 e. The Hall–Kier alpha value is -3.11. The van der Waals surface area contributed by atoms with Crippen LogP contribution in [0.5, 0.6) is 0 Å². The Morgan fingerprint density at radius 3 is 1.86 bits per heavy atom. The highest BCUT2D eigenvalue weighted by atomic mass is 16.6. The van der Waals surface area contributed by atoms with E-state index >= 15 is 0 Å². The summed E-state index contributed by atoms with van der Waals surface area (Å²) in [4.78, 5) is 59.0. The molecule has 3 N–H and O–H groups in total. The first-order chi connectivity index (χ1) is 13.0. The van der Waals surface area contributed by atoms with Gasteiger partial charge in [-0.25, -0.2) is 14.4 Å². The third-order valence-electron chi connectivity index (χ3n) is 2.79. The van der Waals surface area contributed by atoms with Gasteiger partial charge < -0.3 is 25.0 Å². The van der Waals surface area contributed by atoms with Crippen LogP contribution in [0.3, 0.4) is 0 Å². The molecule has 1 atom stereocenters. The van der Waals surface area contributed by atoms with Crippen molar-refractivity contribution in [2.75, 3.05) is 13.1 Å². The molecule has 0 fully saturated rings. The van der Waals surface area contributed by atoms with Gasteiger partial charge in [-0.3, -0.25) is 14.5 Å². The normalized spacial score (nSPS) is 12.8. The van der Waals surface area contributed by atoms with Crippen LogP contribution in [0.1, 0.15) is 41.5 Å². The highest BCUT2D eigenvalue weighted by molar-refractivity contribution is 5.95. The maximum Gasteiger partial charge on any atom is 0.410 e. The second-order valence-corrected chi connectivity index (χ2v) is 8.02. The number of esters is 1. The molecule has 0 bridgehead atoms. The molecule has 0 rings (SSSR count). The molecule has 11 nitrogen and oxygen atoms in total. The van der Waals surface area contributed by atoms with E-state index in [0.717, 1.165) is 4.90 Å². The number of carbonyl (C=O) groups is 5. The maximum absolute atomic E-state index is 12.4. The molecule has 164 valence electrons. The third-order valence-corrected chi connectivity index (χ3v) is 2.79. The predicted octanol–water partition coefficient (Wildman–Crippen LogP) is 0.775. The van der Waals surface area contributed by atoms with E-state index in [1.54, 1.807) is 41.5 Å². The molecule has 0 saturated carbocycles. The standard InChI is InChI=1S/C18H28N2O9/c1-17(2,3)28-14(24)10-20(16(27)29-18(4,5)6)9-11(15(25)26)19-12(21)7-8-13(22)23/h7-8,11H,9-10H2,1-6H3,(H,19,21)(H,22,23)(H,25,26)/b8-7+/t11-/m0/s1. The fourth-order valence-electron chi connectivity index (χ4n) is 1.83. The van der Waals surface area contributed by atoms with Crippen LogP contribution in [0.15, 0.2) is 12.2 Å². The van der Waals surface area contributed by atoms with Gasteiger partial charge in [0, 0.05) is 12.2 Å². The van der Waals surface area contributed by atoms with Crippen LogP contribution in [0.2, 0.25) is 0 Å². The second-order valence-electron chi connectivity index (χ2n) is 8.02. The molecule has 29 heavy (non-hydrogen) atoms. The summed E-state index contributed by atoms with van der Waals surface area (Å²) in [6.45, 7) is 8.40. The highest BCUT2D eigenvalue weighted by Crippen LogP contribution is 2.12. The Morgan fingerprint density at radius 1 is 0.931 bits per heavy atom. The monoisotopic (exact) mass is 416 g/mol. The van der Waals surface area contributed by atoms with E-state index in [0.29, 0.717) is 12.2 Å². The largest absolute Gasteiger partial charge is 0.480 e. The van der Waals surface area contributed by atoms with Crippen molar-refractivity contribution < 1.29 is 43.7 Å². The van der Waals surface area contributed by atoms with Crippen molar-refractivity contribution in [3.8, 4) is 0 Å². The third kappa shape index (κ3) is 12.8. The molecule has 11 heteroatoms. The van der Waals surface area contributed by atoms with E-state index in [4.69, 9.17) is 14.6 Å². The number of hydrogen-bond donors (Lipinski definition) is 3. The summed E-state index contributed by atoms with van der Waals surface area (Å²) in [5, 5.41) is 19.9. The molecule has 0 aromatic heterocycles. The molecule has 2 amide bonds. The maximum atomic E-state index is 12.4. The van der Waals surface area contributed by atoms with Gasteiger partial charge in [-0.15, -0.1) is 0 Å². The van der Waals surface area contributed by atoms with Crippen LogP contribution in [0.4, 0.5) is 4.79 Å². The number of carboxylic acid groups (broad SMARTS) is 2. The average molecular weight is 416 g/mol. The lowest BCUT2D eigenvalue weighted by molar-refractivity contribution is -0.156. The van der Waals surface area contributed by atoms with Crippen LogP contribution >= 0.6 is 0 Å². The van der Waals surface area contributed by atoms with Crippen LogP contribution < -0.4 is 5.32 Å². The molecule has 0 saturated heterocycles. The predicted molar refractivity (Wildman–Crippen MR) is 100.0 cm³/mol. The first kappa shape index (κ1) is 25.9. The van der Waals surface area contributed by atoms with Gasteiger partial charge in [0.15, 0.2) is 0 Å². The highest BCUT2D eigenvalue weighted by Gasteiger charge is 2.31. The number of carbonyl (C=O) groups excluding carboxylic acids is 3. The number of carboxylic acids is 2. The number of amides is 2. The van der Waals surface area contributed by atoms with Crippen LogP contribution in [0, 0.1) is 0 Å². The van der Waals surface area contributed by atoms with Crippen molar-refractivity contribution in [1.29, 1.82) is 0 Å². The van der Waals surface area contributed by atoms with Crippen molar-refractivity contribution in [2.24, 2.45) is 0 Å². The number of ether oxygens (including phenoxy) is 2. The molecule has 0 aliphatic heterocycles. The summed E-state index contributed by atoms with van der Waals surface area (Å²) >= 11 is 0. The summed E-state index contributed by atoms with van der Waals surface area (Å²) in [7, 11) is 0. The van der Waals surface area contributed by atoms with E-state index in [1.807, 2.05) is 0 Å². The van der Waals surface area contributed by atoms with Crippen LogP contribution in [-0.4, -0.2) is 75.4 Å². The second kappa shape index (κ2) is 10.4. The number of nitrogens with zero attached hydrogens (tertiary/aromatic N) is 1. The van der Waals surface area contributed by atoms with Crippen molar-refractivity contribution >= 4 is 29.9 Å². The summed E-state index contributed by atoms with van der Waals surface area (Å²) in [5.41, 5.74) is -1.76. The van der Waals surface area contributed by atoms with Crippen molar-refractivity contribution in [3.05, 3.63) is 12.2 Å². The van der Waals surface area contributed by atoms with Crippen molar-refractivity contribution in [1.82, 2.24) is 10.2 Å². The fourth-order valence-corrected chi connectivity index (χ4v) is 1.83. The first-order valence-corrected chi connectivity index (χ1v) is 8.64. The van der Waals surface area contributed by atoms with Crippen LogP contribution in [-0.2, 0) is 28.7 Å². The van der Waals surface area contributed by atoms with Gasteiger partial charge in [0.05, 0.1) is 6.54 Å². The Bertz CT molecular complexity index is 672. The lowest BCUT2D eigenvalue weighted by Crippen LogP contribution is -2.52. The van der Waals surface area contributed by atoms with Gasteiger partial charge >= 0.3 is 24.0 Å². The molecular weight excluding hydrogens is 388 g/mol. The van der Waals surface area contributed by atoms with E-state index in [9.17, 15) is 29.1 Å². The van der Waals surface area contributed by atoms with Gasteiger partial charge in [-0.2, -0.15) is 0 Å². The van der Waals surface area contributed by atoms with Gasteiger partial charge in [0.2, 0.25) is 5.91 Å². The Labute approximate surface area is 168 Å². The minimum Gasteiger partial charge on any atom is -0.480 e. The molecule has 0 spiro atoms. The fraction of sp³-hybridized carbons (Fsp3) is 0.611. The molecule has 0 aromatic carbocycles. The van der Waals surface area contributed by atoms with Gasteiger partial charge in [-0.1, -0.05) is 0 Å². The van der Waals surface area contributed by atoms with Gasteiger partial charge in [0.1, 0.15) is 23.8 Å². The van der Waals surface area contributed by atoms with E-state index in [1.165, 1.54) is 0 Å². The molecule has 0 unspecified atom stereocenters. The van der Waals surface area contributed by atoms with E-state index in [2.05, 4.69) is 5.32 Å². The molecular formula is C18H28N2O9. The zero-order valence-corrected chi connectivity index (χ0v) is 17.3. The van der Waals surface area contributed by atoms with Crippen molar-refractivity contribution in [3.63, 3.8) is 0 Å². The lowest BCUT2D eigenvalue weighted by Gasteiger charge is -2.29. The Morgan fingerprint density at radius 2 is 1.45 bits per heavy atom. The van der Waals surface area contributed by atoms with Gasteiger partial charge in [-0.05, 0) is 41.5 Å². The molecule has 0 aromatic rings. The number of aliphatic carboxylic acids is 2. The Kier molecular flexibility index (Phi) is 9.32. The quantitative estimate of drug-likeness (QED) is 0.384. The molecule has 0 heterocycles. The van der Waals surface area contributed by atoms with Crippen molar-refractivity contribution in [2.45, 2.75) is 58.8 Å². The van der Waals surface area contributed by atoms with Crippen LogP contribution in [0.25, 0.3) is 0 Å². The number of rotatable bonds is 8. The first-order valence-electron chi connectivity index (χ1n) is 8.64. The SMILES string of the molecule is CC(C)(C)OC(=O)CN(C[C@H](NC(=O)/C=C/C(=O)O)C(=O)O)C(=O)OC(C)(C)C.